The van der Waals surface area contributed by atoms with Crippen LogP contribution < -0.4 is 11.5 Å². The summed E-state index contributed by atoms with van der Waals surface area (Å²) in [5.41, 5.74) is 12.1. The summed E-state index contributed by atoms with van der Waals surface area (Å²) >= 11 is 0. The van der Waals surface area contributed by atoms with Gasteiger partial charge in [-0.1, -0.05) is 38.3 Å². The van der Waals surface area contributed by atoms with Gasteiger partial charge in [0.2, 0.25) is 0 Å². The second kappa shape index (κ2) is 7.66. The lowest BCUT2D eigenvalue weighted by Gasteiger charge is -2.33. The number of nitrogens with two attached hydrogens (primary N) is 2. The predicted octanol–water partition coefficient (Wildman–Crippen LogP) is 2.74. The maximum absolute atomic E-state index is 6.28. The van der Waals surface area contributed by atoms with Gasteiger partial charge in [-0.3, -0.25) is 0 Å². The molecule has 0 bridgehead atoms. The van der Waals surface area contributed by atoms with E-state index in [9.17, 15) is 0 Å². The van der Waals surface area contributed by atoms with Crippen molar-refractivity contribution in [1.82, 2.24) is 0 Å². The van der Waals surface area contributed by atoms with Crippen LogP contribution in [0.2, 0.25) is 0 Å². The van der Waals surface area contributed by atoms with Gasteiger partial charge in [0.15, 0.2) is 0 Å². The monoisotopic (exact) mass is 210 g/mol. The smallest absolute Gasteiger partial charge is 0.0377 e. The number of unbranched alkanes of at least 4 members (excludes halogenated alkanes) is 2. The second-order valence-corrected chi connectivity index (χ2v) is 4.32. The third kappa shape index (κ3) is 5.14. The Balaban J connectivity index is 4.19. The Kier molecular flexibility index (Phi) is 7.35. The summed E-state index contributed by atoms with van der Waals surface area (Å²) in [6.45, 7) is 9.66. The molecule has 88 valence electrons. The van der Waals surface area contributed by atoms with Crippen LogP contribution in [-0.2, 0) is 0 Å². The summed E-state index contributed by atoms with van der Waals surface area (Å²) in [5, 5.41) is 0. The van der Waals surface area contributed by atoms with Crippen LogP contribution in [0.1, 0.15) is 45.4 Å². The molecule has 0 spiro atoms. The molecule has 0 aromatic heterocycles. The molecule has 0 saturated carbocycles. The zero-order valence-electron chi connectivity index (χ0n) is 10.0. The lowest BCUT2D eigenvalue weighted by molar-refractivity contribution is 0.326. The van der Waals surface area contributed by atoms with Crippen molar-refractivity contribution in [3.8, 4) is 0 Å². The topological polar surface area (TPSA) is 52.0 Å². The van der Waals surface area contributed by atoms with Crippen molar-refractivity contribution in [2.24, 2.45) is 11.5 Å². The molecule has 1 unspecified atom stereocenters. The third-order valence-electron chi connectivity index (χ3n) is 2.91. The van der Waals surface area contributed by atoms with Crippen LogP contribution in [0.3, 0.4) is 0 Å². The first kappa shape index (κ1) is 14.4. The van der Waals surface area contributed by atoms with Crippen LogP contribution in [0, 0.1) is 0 Å². The molecule has 0 radical (unpaired) electrons. The highest BCUT2D eigenvalue weighted by molar-refractivity contribution is 5.02. The first-order valence-corrected chi connectivity index (χ1v) is 5.87. The first-order chi connectivity index (χ1) is 7.10. The molecule has 0 fully saturated rings. The van der Waals surface area contributed by atoms with Crippen molar-refractivity contribution in [3.63, 3.8) is 0 Å². The molecule has 0 aliphatic rings. The van der Waals surface area contributed by atoms with Crippen LogP contribution in [0.5, 0.6) is 0 Å². The molecule has 0 amide bonds. The Labute approximate surface area is 94.4 Å². The van der Waals surface area contributed by atoms with Crippen molar-refractivity contribution in [3.05, 3.63) is 25.3 Å². The van der Waals surface area contributed by atoms with E-state index in [1.807, 2.05) is 12.2 Å². The second-order valence-electron chi connectivity index (χ2n) is 4.32. The van der Waals surface area contributed by atoms with Crippen LogP contribution in [0.15, 0.2) is 25.3 Å². The Hall–Kier alpha value is -0.600. The standard InChI is InChI=1S/C13H26N2/c1-4-7-8-9-12(14)13(15,10-5-2)11-6-3/h5-6,12H,2-4,7-11,14-15H2,1H3. The van der Waals surface area contributed by atoms with Gasteiger partial charge >= 0.3 is 0 Å². The zero-order valence-corrected chi connectivity index (χ0v) is 10.0. The molecule has 2 heteroatoms. The van der Waals surface area contributed by atoms with Crippen molar-refractivity contribution in [2.45, 2.75) is 57.0 Å². The lowest BCUT2D eigenvalue weighted by Crippen LogP contribution is -2.54. The fraction of sp³-hybridized carbons (Fsp3) is 0.692. The van der Waals surface area contributed by atoms with Gasteiger partial charge in [0.1, 0.15) is 0 Å². The summed E-state index contributed by atoms with van der Waals surface area (Å²) in [6, 6.07) is 0.0417. The fourth-order valence-electron chi connectivity index (χ4n) is 1.83. The highest BCUT2D eigenvalue weighted by Crippen LogP contribution is 2.20. The summed E-state index contributed by atoms with van der Waals surface area (Å²) < 4.78 is 0. The van der Waals surface area contributed by atoms with Crippen molar-refractivity contribution < 1.29 is 0 Å². The van der Waals surface area contributed by atoms with Crippen molar-refractivity contribution in [1.29, 1.82) is 0 Å². The molecular formula is C13H26N2. The van der Waals surface area contributed by atoms with Crippen molar-refractivity contribution >= 4 is 0 Å². The zero-order chi connectivity index (χ0) is 11.7. The average molecular weight is 210 g/mol. The van der Waals surface area contributed by atoms with Gasteiger partial charge in [0, 0.05) is 11.6 Å². The Morgan fingerprint density at radius 1 is 1.20 bits per heavy atom. The van der Waals surface area contributed by atoms with Crippen LogP contribution in [0.25, 0.3) is 0 Å². The number of hydrogen-bond acceptors (Lipinski definition) is 2. The van der Waals surface area contributed by atoms with E-state index in [1.165, 1.54) is 12.8 Å². The Bertz CT molecular complexity index is 177. The molecule has 1 atom stereocenters. The van der Waals surface area contributed by atoms with Crippen LogP contribution >= 0.6 is 0 Å². The summed E-state index contributed by atoms with van der Waals surface area (Å²) in [7, 11) is 0. The fourth-order valence-corrected chi connectivity index (χ4v) is 1.83. The van der Waals surface area contributed by atoms with E-state index in [0.29, 0.717) is 0 Å². The quantitative estimate of drug-likeness (QED) is 0.454. The molecule has 0 aliphatic heterocycles. The SMILES string of the molecule is C=CCC(N)(CC=C)C(N)CCCCC. The molecular weight excluding hydrogens is 184 g/mol. The van der Waals surface area contributed by atoms with Gasteiger partial charge in [-0.15, -0.1) is 13.2 Å². The van der Waals surface area contributed by atoms with E-state index >= 15 is 0 Å². The van der Waals surface area contributed by atoms with Gasteiger partial charge in [-0.25, -0.2) is 0 Å². The van der Waals surface area contributed by atoms with Gasteiger partial charge in [-0.2, -0.15) is 0 Å². The minimum Gasteiger partial charge on any atom is -0.326 e. The largest absolute Gasteiger partial charge is 0.326 e. The van der Waals surface area contributed by atoms with E-state index in [2.05, 4.69) is 20.1 Å². The van der Waals surface area contributed by atoms with Gasteiger partial charge in [0.25, 0.3) is 0 Å². The molecule has 4 N–H and O–H groups in total. The molecule has 0 rings (SSSR count). The first-order valence-electron chi connectivity index (χ1n) is 5.87. The molecule has 0 aromatic carbocycles. The van der Waals surface area contributed by atoms with Gasteiger partial charge < -0.3 is 11.5 Å². The van der Waals surface area contributed by atoms with Crippen LogP contribution in [-0.4, -0.2) is 11.6 Å². The van der Waals surface area contributed by atoms with E-state index in [-0.39, 0.29) is 11.6 Å². The van der Waals surface area contributed by atoms with E-state index in [1.54, 1.807) is 0 Å². The summed E-state index contributed by atoms with van der Waals surface area (Å²) in [5.74, 6) is 0. The summed E-state index contributed by atoms with van der Waals surface area (Å²) in [4.78, 5) is 0. The summed E-state index contributed by atoms with van der Waals surface area (Å²) in [6.07, 6.45) is 9.81. The van der Waals surface area contributed by atoms with Gasteiger partial charge in [-0.05, 0) is 19.3 Å². The maximum atomic E-state index is 6.28. The average Bonchev–Trinajstić information content (AvgIpc) is 2.18. The van der Waals surface area contributed by atoms with Crippen molar-refractivity contribution in [2.75, 3.05) is 0 Å². The minimum absolute atomic E-state index is 0.0417. The van der Waals surface area contributed by atoms with E-state index < -0.39 is 0 Å². The molecule has 0 aromatic rings. The lowest BCUT2D eigenvalue weighted by atomic mass is 9.82. The minimum atomic E-state index is -0.350. The number of rotatable bonds is 9. The molecule has 2 nitrogen and oxygen atoms in total. The molecule has 0 saturated heterocycles. The predicted molar refractivity (Wildman–Crippen MR) is 68.7 cm³/mol. The normalized spacial score (nSPS) is 13.5. The number of hydrogen-bond donors (Lipinski definition) is 2. The highest BCUT2D eigenvalue weighted by atomic mass is 14.8. The Morgan fingerprint density at radius 2 is 1.73 bits per heavy atom. The third-order valence-corrected chi connectivity index (χ3v) is 2.91. The Morgan fingerprint density at radius 3 is 2.13 bits per heavy atom. The van der Waals surface area contributed by atoms with E-state index in [0.717, 1.165) is 25.7 Å². The van der Waals surface area contributed by atoms with E-state index in [4.69, 9.17) is 11.5 Å². The highest BCUT2D eigenvalue weighted by Gasteiger charge is 2.29. The van der Waals surface area contributed by atoms with Gasteiger partial charge in [0.05, 0.1) is 0 Å². The molecule has 0 heterocycles. The molecule has 0 aliphatic carbocycles. The van der Waals surface area contributed by atoms with Crippen LogP contribution in [0.4, 0.5) is 0 Å². The maximum Gasteiger partial charge on any atom is 0.0377 e. The molecule has 15 heavy (non-hydrogen) atoms.